The predicted octanol–water partition coefficient (Wildman–Crippen LogP) is 2.44. The van der Waals surface area contributed by atoms with Crippen molar-refractivity contribution in [2.24, 2.45) is 0 Å². The van der Waals surface area contributed by atoms with E-state index in [1.54, 1.807) is 0 Å². The summed E-state index contributed by atoms with van der Waals surface area (Å²) in [5.74, 6) is 2.98. The van der Waals surface area contributed by atoms with Crippen LogP contribution in [0.15, 0.2) is 4.42 Å². The molecule has 3 nitrogen and oxygen atoms in total. The number of hydrogen-bond acceptors (Lipinski definition) is 3. The van der Waals surface area contributed by atoms with Gasteiger partial charge in [-0.05, 0) is 19.9 Å². The van der Waals surface area contributed by atoms with Crippen LogP contribution >= 0.6 is 0 Å². The quantitative estimate of drug-likeness (QED) is 0.829. The molecule has 0 aromatic carbocycles. The largest absolute Gasteiger partial charge is 0.445 e. The second-order valence-electron chi connectivity index (χ2n) is 4.66. The normalized spacial score (nSPS) is 20.7. The average molecular weight is 208 g/mol. The summed E-state index contributed by atoms with van der Waals surface area (Å²) in [6.45, 7) is 5.27. The van der Waals surface area contributed by atoms with Crippen molar-refractivity contribution >= 4 is 0 Å². The van der Waals surface area contributed by atoms with Gasteiger partial charge in [0, 0.05) is 24.8 Å². The van der Waals surface area contributed by atoms with E-state index in [4.69, 9.17) is 4.42 Å². The van der Waals surface area contributed by atoms with Crippen LogP contribution in [-0.4, -0.2) is 18.6 Å². The number of rotatable bonds is 3. The summed E-state index contributed by atoms with van der Waals surface area (Å²) in [6, 6.07) is 0. The molecule has 0 saturated carbocycles. The number of nitrogens with one attached hydrogen (secondary N) is 1. The smallest absolute Gasteiger partial charge is 0.197 e. The summed E-state index contributed by atoms with van der Waals surface area (Å²) in [5.41, 5.74) is 1.21. The molecule has 2 rings (SSSR count). The molecule has 1 aliphatic carbocycles. The molecule has 0 radical (unpaired) electrons. The lowest BCUT2D eigenvalue weighted by Gasteiger charge is -2.19. The Bertz CT molecular complexity index is 330. The Morgan fingerprint density at radius 3 is 3.00 bits per heavy atom. The van der Waals surface area contributed by atoms with Gasteiger partial charge in [0.2, 0.25) is 0 Å². The Morgan fingerprint density at radius 2 is 2.33 bits per heavy atom. The second kappa shape index (κ2) is 4.35. The lowest BCUT2D eigenvalue weighted by Crippen LogP contribution is -2.21. The van der Waals surface area contributed by atoms with E-state index in [1.807, 2.05) is 7.05 Å². The van der Waals surface area contributed by atoms with Crippen molar-refractivity contribution in [2.45, 2.75) is 44.9 Å². The number of oxazole rings is 1. The molecule has 15 heavy (non-hydrogen) atoms. The molecular formula is C12H20N2O. The molecule has 1 heterocycles. The van der Waals surface area contributed by atoms with Gasteiger partial charge in [-0.1, -0.05) is 13.8 Å². The fraction of sp³-hybridized carbons (Fsp3) is 0.750. The average Bonchev–Trinajstić information content (AvgIpc) is 2.63. The van der Waals surface area contributed by atoms with E-state index in [1.165, 1.54) is 18.5 Å². The Hall–Kier alpha value is -0.830. The zero-order valence-electron chi connectivity index (χ0n) is 9.84. The third-order valence-corrected chi connectivity index (χ3v) is 3.03. The molecule has 0 amide bonds. The van der Waals surface area contributed by atoms with E-state index in [2.05, 4.69) is 24.1 Å². The van der Waals surface area contributed by atoms with Gasteiger partial charge in [-0.25, -0.2) is 4.98 Å². The standard InChI is InChI=1S/C12H20N2O/c1-8(2)12-14-11-9(7-13-3)5-4-6-10(11)15-12/h8-9,13H,4-7H2,1-3H3. The van der Waals surface area contributed by atoms with Crippen molar-refractivity contribution in [1.29, 1.82) is 0 Å². The monoisotopic (exact) mass is 208 g/mol. The predicted molar refractivity (Wildman–Crippen MR) is 60.2 cm³/mol. The highest BCUT2D eigenvalue weighted by atomic mass is 16.4. The minimum atomic E-state index is 0.394. The lowest BCUT2D eigenvalue weighted by atomic mass is 9.90. The molecule has 84 valence electrons. The molecule has 0 aliphatic heterocycles. The third kappa shape index (κ3) is 2.07. The highest BCUT2D eigenvalue weighted by Crippen LogP contribution is 2.32. The number of hydrogen-bond donors (Lipinski definition) is 1. The van der Waals surface area contributed by atoms with Crippen LogP contribution in [0.2, 0.25) is 0 Å². The first-order valence-electron chi connectivity index (χ1n) is 5.86. The van der Waals surface area contributed by atoms with Crippen LogP contribution in [0.5, 0.6) is 0 Å². The number of aromatic nitrogens is 1. The first-order chi connectivity index (χ1) is 7.22. The van der Waals surface area contributed by atoms with Gasteiger partial charge in [0.25, 0.3) is 0 Å². The van der Waals surface area contributed by atoms with Crippen molar-refractivity contribution in [2.75, 3.05) is 13.6 Å². The SMILES string of the molecule is CNCC1CCCc2oc(C(C)C)nc21. The lowest BCUT2D eigenvalue weighted by molar-refractivity contribution is 0.410. The Kier molecular flexibility index (Phi) is 3.10. The zero-order chi connectivity index (χ0) is 10.8. The van der Waals surface area contributed by atoms with Gasteiger partial charge in [0.05, 0.1) is 5.69 Å². The van der Waals surface area contributed by atoms with E-state index in [0.29, 0.717) is 11.8 Å². The van der Waals surface area contributed by atoms with Gasteiger partial charge in [-0.3, -0.25) is 0 Å². The van der Waals surface area contributed by atoms with Crippen LogP contribution in [0.4, 0.5) is 0 Å². The van der Waals surface area contributed by atoms with E-state index in [9.17, 15) is 0 Å². The van der Waals surface area contributed by atoms with Crippen LogP contribution in [0.25, 0.3) is 0 Å². The molecular weight excluding hydrogens is 188 g/mol. The molecule has 0 spiro atoms. The second-order valence-corrected chi connectivity index (χ2v) is 4.66. The van der Waals surface area contributed by atoms with Gasteiger partial charge in [0.15, 0.2) is 5.89 Å². The number of likely N-dealkylation sites (N-methyl/N-ethyl adjacent to an activating group) is 1. The minimum absolute atomic E-state index is 0.394. The van der Waals surface area contributed by atoms with E-state index < -0.39 is 0 Å². The van der Waals surface area contributed by atoms with E-state index in [-0.39, 0.29) is 0 Å². The molecule has 1 aliphatic rings. The van der Waals surface area contributed by atoms with Gasteiger partial charge >= 0.3 is 0 Å². The molecule has 1 N–H and O–H groups in total. The minimum Gasteiger partial charge on any atom is -0.445 e. The number of aryl methyl sites for hydroxylation is 1. The summed E-state index contributed by atoms with van der Waals surface area (Å²) >= 11 is 0. The fourth-order valence-corrected chi connectivity index (χ4v) is 2.22. The maximum absolute atomic E-state index is 5.81. The first-order valence-corrected chi connectivity index (χ1v) is 5.86. The van der Waals surface area contributed by atoms with Gasteiger partial charge in [0.1, 0.15) is 5.76 Å². The molecule has 0 fully saturated rings. The highest BCUT2D eigenvalue weighted by molar-refractivity contribution is 5.19. The van der Waals surface area contributed by atoms with Crippen molar-refractivity contribution in [3.05, 3.63) is 17.3 Å². The Morgan fingerprint density at radius 1 is 1.53 bits per heavy atom. The maximum Gasteiger partial charge on any atom is 0.197 e. The summed E-state index contributed by atoms with van der Waals surface area (Å²) in [6.07, 6.45) is 3.53. The van der Waals surface area contributed by atoms with Crippen LogP contribution in [0.1, 0.15) is 55.9 Å². The van der Waals surface area contributed by atoms with Crippen LogP contribution < -0.4 is 5.32 Å². The third-order valence-electron chi connectivity index (χ3n) is 3.03. The number of nitrogens with zero attached hydrogens (tertiary/aromatic N) is 1. The van der Waals surface area contributed by atoms with Crippen LogP contribution in [0.3, 0.4) is 0 Å². The Labute approximate surface area is 91.3 Å². The van der Waals surface area contributed by atoms with Crippen LogP contribution in [-0.2, 0) is 6.42 Å². The molecule has 0 saturated heterocycles. The zero-order valence-corrected chi connectivity index (χ0v) is 9.84. The van der Waals surface area contributed by atoms with Crippen molar-refractivity contribution < 1.29 is 4.42 Å². The molecule has 1 aromatic rings. The Balaban J connectivity index is 2.26. The number of fused-ring (bicyclic) bond motifs is 1. The fourth-order valence-electron chi connectivity index (χ4n) is 2.22. The van der Waals surface area contributed by atoms with E-state index in [0.717, 1.165) is 24.6 Å². The van der Waals surface area contributed by atoms with E-state index >= 15 is 0 Å². The van der Waals surface area contributed by atoms with Crippen LogP contribution in [0, 0.1) is 0 Å². The molecule has 3 heteroatoms. The van der Waals surface area contributed by atoms with Crippen molar-refractivity contribution in [3.63, 3.8) is 0 Å². The van der Waals surface area contributed by atoms with Gasteiger partial charge < -0.3 is 9.73 Å². The van der Waals surface area contributed by atoms with Crippen molar-refractivity contribution in [3.8, 4) is 0 Å². The summed E-state index contributed by atoms with van der Waals surface area (Å²) < 4.78 is 5.81. The topological polar surface area (TPSA) is 38.1 Å². The molecule has 1 atom stereocenters. The molecule has 1 aromatic heterocycles. The highest BCUT2D eigenvalue weighted by Gasteiger charge is 2.26. The summed E-state index contributed by atoms with van der Waals surface area (Å²) in [4.78, 5) is 4.64. The summed E-state index contributed by atoms with van der Waals surface area (Å²) in [5, 5.41) is 3.24. The summed E-state index contributed by atoms with van der Waals surface area (Å²) in [7, 11) is 2.00. The van der Waals surface area contributed by atoms with Crippen molar-refractivity contribution in [1.82, 2.24) is 10.3 Å². The first kappa shape index (κ1) is 10.7. The molecule has 1 unspecified atom stereocenters. The van der Waals surface area contributed by atoms with Gasteiger partial charge in [-0.2, -0.15) is 0 Å². The molecule has 0 bridgehead atoms. The maximum atomic E-state index is 5.81. The van der Waals surface area contributed by atoms with Gasteiger partial charge in [-0.15, -0.1) is 0 Å².